The molecule has 0 heterocycles. The van der Waals surface area contributed by atoms with Gasteiger partial charge in [-0.05, 0) is 38.1 Å². The fourth-order valence-electron chi connectivity index (χ4n) is 6.09. The number of ketones is 4. The van der Waals surface area contributed by atoms with E-state index in [9.17, 15) is 39.3 Å². The van der Waals surface area contributed by atoms with Gasteiger partial charge >= 0.3 is 0 Å². The molecule has 1 aromatic rings. The number of aromatic hydroxyl groups is 1. The first-order valence-corrected chi connectivity index (χ1v) is 10.6. The van der Waals surface area contributed by atoms with Gasteiger partial charge in [0, 0.05) is 5.92 Å². The van der Waals surface area contributed by atoms with E-state index in [4.69, 9.17) is 5.73 Å². The number of fused-ring (bicyclic) bond motifs is 3. The summed E-state index contributed by atoms with van der Waals surface area (Å²) < 4.78 is 0. The molecule has 33 heavy (non-hydrogen) atoms. The van der Waals surface area contributed by atoms with Crippen LogP contribution in [0.4, 0.5) is 0 Å². The number of aliphatic hydroxyl groups excluding tert-OH is 1. The highest BCUT2D eigenvalue weighted by Crippen LogP contribution is 2.54. The van der Waals surface area contributed by atoms with Crippen LogP contribution in [-0.4, -0.2) is 81.1 Å². The van der Waals surface area contributed by atoms with E-state index in [0.717, 1.165) is 0 Å². The zero-order valence-electron chi connectivity index (χ0n) is 18.6. The molecular formula is C23H26N2O8. The van der Waals surface area contributed by atoms with Crippen molar-refractivity contribution in [1.82, 2.24) is 4.90 Å². The van der Waals surface area contributed by atoms with Gasteiger partial charge in [-0.15, -0.1) is 0 Å². The van der Waals surface area contributed by atoms with E-state index in [-0.39, 0.29) is 11.3 Å². The summed E-state index contributed by atoms with van der Waals surface area (Å²) in [5.41, 5.74) is 3.02. The lowest BCUT2D eigenvalue weighted by atomic mass is 9.49. The number of aryl methyl sites for hydroxylation is 1. The number of primary amides is 1. The zero-order valence-corrected chi connectivity index (χ0v) is 18.6. The van der Waals surface area contributed by atoms with Gasteiger partial charge < -0.3 is 21.1 Å². The van der Waals surface area contributed by atoms with Crippen LogP contribution in [0.25, 0.3) is 0 Å². The summed E-state index contributed by atoms with van der Waals surface area (Å²) in [5.74, 6) is -13.0. The predicted octanol–water partition coefficient (Wildman–Crippen LogP) is -1.29. The monoisotopic (exact) mass is 458 g/mol. The van der Waals surface area contributed by atoms with Crippen LogP contribution in [0.1, 0.15) is 34.3 Å². The highest BCUT2D eigenvalue weighted by atomic mass is 16.3. The minimum absolute atomic E-state index is 0.0960. The average molecular weight is 458 g/mol. The van der Waals surface area contributed by atoms with E-state index in [2.05, 4.69) is 0 Å². The number of phenolic OH excluding ortho intramolecular Hbond substituents is 1. The first-order chi connectivity index (χ1) is 15.3. The predicted molar refractivity (Wildman–Crippen MR) is 112 cm³/mol. The molecule has 4 rings (SSSR count). The van der Waals surface area contributed by atoms with Crippen molar-refractivity contribution in [2.45, 2.75) is 37.5 Å². The third-order valence-electron chi connectivity index (χ3n) is 7.69. The van der Waals surface area contributed by atoms with Crippen LogP contribution in [-0.2, 0) is 19.2 Å². The van der Waals surface area contributed by atoms with Gasteiger partial charge in [-0.1, -0.05) is 19.1 Å². The second kappa shape index (κ2) is 7.28. The van der Waals surface area contributed by atoms with E-state index in [1.54, 1.807) is 26.0 Å². The number of aliphatic hydroxyl groups is 2. The fourth-order valence-corrected chi connectivity index (χ4v) is 6.09. The van der Waals surface area contributed by atoms with Crippen molar-refractivity contribution in [1.29, 1.82) is 0 Å². The van der Waals surface area contributed by atoms with Gasteiger partial charge in [-0.25, -0.2) is 0 Å². The van der Waals surface area contributed by atoms with Gasteiger partial charge in [-0.2, -0.15) is 0 Å². The van der Waals surface area contributed by atoms with E-state index in [1.807, 2.05) is 0 Å². The van der Waals surface area contributed by atoms with Crippen LogP contribution in [0, 0.1) is 30.6 Å². The van der Waals surface area contributed by atoms with Gasteiger partial charge in [0.25, 0.3) is 0 Å². The van der Waals surface area contributed by atoms with E-state index in [1.165, 1.54) is 19.0 Å². The van der Waals surface area contributed by atoms with Crippen molar-refractivity contribution in [2.24, 2.45) is 29.4 Å². The van der Waals surface area contributed by atoms with E-state index in [0.29, 0.717) is 11.1 Å². The summed E-state index contributed by atoms with van der Waals surface area (Å²) in [6.07, 6.45) is -1.62. The Hall–Kier alpha value is -2.95. The number of carbonyl (C=O) groups excluding carboxylic acids is 5. The van der Waals surface area contributed by atoms with Gasteiger partial charge in [0.2, 0.25) is 5.91 Å². The molecule has 0 aromatic heterocycles. The summed E-state index contributed by atoms with van der Waals surface area (Å²) in [6, 6.07) is 1.87. The maximum atomic E-state index is 13.7. The van der Waals surface area contributed by atoms with E-state index < -0.39 is 76.4 Å². The molecule has 176 valence electrons. The molecule has 2 fully saturated rings. The summed E-state index contributed by atoms with van der Waals surface area (Å²) in [6.45, 7) is 3.25. The number of benzene rings is 1. The standard InChI is InChI=1S/C23H26N2O8/c1-7-5-6-9-8(2)10-12(17(27)11(9)16(7)26)20(30)23(33)14(18(10)28)15(25(3)4)19(29)13(21(23)31)22(24)32/h5-6,8,10,12-15,18,26,28,33H,1-4H3,(H2,24,32)/t8-,10+,12?,13?,14+,15-,18-,23-/m0/s1. The minimum atomic E-state index is -2.98. The van der Waals surface area contributed by atoms with Crippen LogP contribution in [0.15, 0.2) is 12.1 Å². The number of likely N-dealkylation sites (N-methyl/N-ethyl adjacent to an activating group) is 1. The molecule has 2 unspecified atom stereocenters. The number of rotatable bonds is 2. The lowest BCUT2D eigenvalue weighted by molar-refractivity contribution is -0.196. The molecule has 10 heteroatoms. The largest absolute Gasteiger partial charge is 0.507 e. The lowest BCUT2D eigenvalue weighted by Crippen LogP contribution is -2.77. The van der Waals surface area contributed by atoms with Crippen LogP contribution < -0.4 is 5.73 Å². The van der Waals surface area contributed by atoms with Gasteiger partial charge in [0.05, 0.1) is 29.5 Å². The van der Waals surface area contributed by atoms with Crippen LogP contribution in [0.3, 0.4) is 0 Å². The molecule has 0 radical (unpaired) electrons. The molecule has 8 atom stereocenters. The Kier molecular flexibility index (Phi) is 5.12. The van der Waals surface area contributed by atoms with Gasteiger partial charge in [0.15, 0.2) is 34.7 Å². The summed E-state index contributed by atoms with van der Waals surface area (Å²) in [5, 5.41) is 33.5. The maximum absolute atomic E-state index is 13.7. The quantitative estimate of drug-likeness (QED) is 0.393. The van der Waals surface area contributed by atoms with Gasteiger partial charge in [-0.3, -0.25) is 28.9 Å². The Bertz CT molecular complexity index is 1130. The Morgan fingerprint density at radius 1 is 1.12 bits per heavy atom. The van der Waals surface area contributed by atoms with Crippen LogP contribution in [0.5, 0.6) is 5.75 Å². The topological polar surface area (TPSA) is 175 Å². The molecule has 3 aliphatic carbocycles. The third-order valence-corrected chi connectivity index (χ3v) is 7.69. The Labute approximate surface area is 189 Å². The Morgan fingerprint density at radius 2 is 1.73 bits per heavy atom. The van der Waals surface area contributed by atoms with Crippen molar-refractivity contribution in [3.63, 3.8) is 0 Å². The van der Waals surface area contributed by atoms with Crippen molar-refractivity contribution in [2.75, 3.05) is 14.1 Å². The maximum Gasteiger partial charge on any atom is 0.235 e. The molecule has 1 aromatic carbocycles. The molecule has 0 aliphatic heterocycles. The minimum Gasteiger partial charge on any atom is -0.507 e. The number of nitrogens with two attached hydrogens (primary N) is 1. The second-order valence-corrected chi connectivity index (χ2v) is 9.56. The molecule has 3 aliphatic rings. The van der Waals surface area contributed by atoms with Gasteiger partial charge in [0.1, 0.15) is 5.75 Å². The Morgan fingerprint density at radius 3 is 2.27 bits per heavy atom. The normalized spacial score (nSPS) is 38.1. The first-order valence-electron chi connectivity index (χ1n) is 10.6. The zero-order chi connectivity index (χ0) is 24.7. The number of nitrogens with zero attached hydrogens (tertiary/aromatic N) is 1. The molecule has 5 N–H and O–H groups in total. The summed E-state index contributed by atoms with van der Waals surface area (Å²) in [4.78, 5) is 66.7. The number of Topliss-reactive ketones (excluding diaryl/α,β-unsaturated/α-hetero) is 4. The smallest absolute Gasteiger partial charge is 0.235 e. The average Bonchev–Trinajstić information content (AvgIpc) is 2.72. The molecule has 2 saturated carbocycles. The molecule has 10 nitrogen and oxygen atoms in total. The number of phenols is 1. The lowest BCUT2D eigenvalue weighted by Gasteiger charge is -2.56. The highest BCUT2D eigenvalue weighted by molar-refractivity contribution is 6.32. The Balaban J connectivity index is 1.97. The third kappa shape index (κ3) is 2.74. The number of amides is 1. The van der Waals surface area contributed by atoms with Crippen molar-refractivity contribution >= 4 is 29.0 Å². The van der Waals surface area contributed by atoms with Crippen molar-refractivity contribution in [3.05, 3.63) is 28.8 Å². The van der Waals surface area contributed by atoms with E-state index >= 15 is 0 Å². The SMILES string of the molecule is Cc1ccc2c(c1O)C(=O)C1C(=O)[C@]3(O)C(=O)C(C(N)=O)C(=O)[C@@H](N(C)C)[C@@H]3[C@@H](O)[C@@H]1[C@H]2C. The number of hydrogen-bond acceptors (Lipinski definition) is 9. The summed E-state index contributed by atoms with van der Waals surface area (Å²) in [7, 11) is 2.90. The molecule has 0 bridgehead atoms. The second-order valence-electron chi connectivity index (χ2n) is 9.56. The highest BCUT2D eigenvalue weighted by Gasteiger charge is 2.72. The molecule has 0 saturated heterocycles. The summed E-state index contributed by atoms with van der Waals surface area (Å²) >= 11 is 0. The fraction of sp³-hybridized carbons (Fsp3) is 0.522. The van der Waals surface area contributed by atoms with Crippen LogP contribution in [0.2, 0.25) is 0 Å². The number of hydrogen-bond donors (Lipinski definition) is 4. The first kappa shape index (κ1) is 23.2. The molecule has 0 spiro atoms. The molecular weight excluding hydrogens is 432 g/mol. The number of carbonyl (C=O) groups is 5. The van der Waals surface area contributed by atoms with Crippen LogP contribution >= 0.6 is 0 Å². The molecule has 1 amide bonds. The van der Waals surface area contributed by atoms with Crippen molar-refractivity contribution < 1.29 is 39.3 Å². The van der Waals surface area contributed by atoms with Crippen molar-refractivity contribution in [3.8, 4) is 5.75 Å².